The number of anilines is 2. The Kier molecular flexibility index (Phi) is 3.09. The minimum absolute atomic E-state index is 0.0670. The maximum absolute atomic E-state index is 10.8. The van der Waals surface area contributed by atoms with Crippen molar-refractivity contribution in [3.63, 3.8) is 0 Å². The average Bonchev–Trinajstić information content (AvgIpc) is 2.72. The van der Waals surface area contributed by atoms with Gasteiger partial charge in [-0.3, -0.25) is 15.2 Å². The molecular weight excluding hydrogens is 236 g/mol. The van der Waals surface area contributed by atoms with E-state index < -0.39 is 4.92 Å². The quantitative estimate of drug-likeness (QED) is 0.552. The molecule has 0 aliphatic carbocycles. The average molecular weight is 248 g/mol. The summed E-state index contributed by atoms with van der Waals surface area (Å²) in [5, 5.41) is 20.1. The van der Waals surface area contributed by atoms with Crippen LogP contribution >= 0.6 is 0 Å². The lowest BCUT2D eigenvalue weighted by molar-refractivity contribution is -0.384. The second kappa shape index (κ2) is 4.70. The maximum atomic E-state index is 10.8. The summed E-state index contributed by atoms with van der Waals surface area (Å²) in [6.45, 7) is 2.08. The number of hydrogen-bond donors (Lipinski definition) is 3. The van der Waals surface area contributed by atoms with Crippen LogP contribution in [0.2, 0.25) is 0 Å². The summed E-state index contributed by atoms with van der Waals surface area (Å²) in [6.07, 6.45) is 1.56. The molecule has 0 fully saturated rings. The first-order valence-electron chi connectivity index (χ1n) is 5.21. The van der Waals surface area contributed by atoms with E-state index in [0.717, 1.165) is 5.56 Å². The van der Waals surface area contributed by atoms with Gasteiger partial charge in [0.2, 0.25) is 5.82 Å². The molecule has 8 nitrogen and oxygen atoms in total. The smallest absolute Gasteiger partial charge is 0.311 e. The van der Waals surface area contributed by atoms with Gasteiger partial charge in [0, 0.05) is 23.9 Å². The molecule has 2 aromatic heterocycles. The molecule has 0 bridgehead atoms. The molecule has 2 aromatic rings. The number of pyridine rings is 1. The van der Waals surface area contributed by atoms with E-state index >= 15 is 0 Å². The van der Waals surface area contributed by atoms with E-state index in [0.29, 0.717) is 18.1 Å². The van der Waals surface area contributed by atoms with Crippen LogP contribution in [0.15, 0.2) is 18.3 Å². The summed E-state index contributed by atoms with van der Waals surface area (Å²) >= 11 is 0. The highest BCUT2D eigenvalue weighted by atomic mass is 16.6. The zero-order chi connectivity index (χ0) is 13.1. The minimum Gasteiger partial charge on any atom is -0.384 e. The van der Waals surface area contributed by atoms with Crippen molar-refractivity contribution in [3.8, 4) is 0 Å². The highest BCUT2D eigenvalue weighted by molar-refractivity contribution is 5.56. The number of hydrogen-bond acceptors (Lipinski definition) is 6. The number of nitrogens with one attached hydrogen (secondary N) is 2. The third-order valence-corrected chi connectivity index (χ3v) is 2.41. The molecule has 0 aliphatic rings. The van der Waals surface area contributed by atoms with E-state index in [1.165, 1.54) is 6.07 Å². The van der Waals surface area contributed by atoms with Crippen molar-refractivity contribution >= 4 is 17.3 Å². The Morgan fingerprint density at radius 2 is 2.33 bits per heavy atom. The van der Waals surface area contributed by atoms with Gasteiger partial charge in [0.15, 0.2) is 0 Å². The Balaban J connectivity index is 2.20. The monoisotopic (exact) mass is 248 g/mol. The van der Waals surface area contributed by atoms with Crippen LogP contribution in [-0.2, 0) is 6.54 Å². The van der Waals surface area contributed by atoms with Gasteiger partial charge in [0.25, 0.3) is 0 Å². The number of nitro groups is 1. The molecule has 0 aliphatic heterocycles. The fraction of sp³-hybridized carbons (Fsp3) is 0.200. The van der Waals surface area contributed by atoms with Gasteiger partial charge in [-0.25, -0.2) is 4.98 Å². The minimum atomic E-state index is -0.479. The molecule has 0 radical (unpaired) electrons. The maximum Gasteiger partial charge on any atom is 0.311 e. The van der Waals surface area contributed by atoms with Crippen LogP contribution < -0.4 is 11.1 Å². The van der Waals surface area contributed by atoms with Crippen LogP contribution in [-0.4, -0.2) is 20.1 Å². The standard InChI is InChI=1S/C10H12N6O2/c1-6-2-3-8(16(17)18)10(14-6)12-4-7-5-13-15-9(7)11/h2-3,5H,4H2,1H3,(H,12,14)(H3,11,13,15). The molecule has 8 heteroatoms. The number of nitrogens with zero attached hydrogens (tertiary/aromatic N) is 3. The van der Waals surface area contributed by atoms with Crippen molar-refractivity contribution in [1.82, 2.24) is 15.2 Å². The predicted octanol–water partition coefficient (Wildman–Crippen LogP) is 1.22. The number of aromatic amines is 1. The fourth-order valence-corrected chi connectivity index (χ4v) is 1.47. The van der Waals surface area contributed by atoms with Gasteiger partial charge >= 0.3 is 5.69 Å². The van der Waals surface area contributed by atoms with Gasteiger partial charge in [-0.15, -0.1) is 0 Å². The van der Waals surface area contributed by atoms with Crippen LogP contribution in [0.25, 0.3) is 0 Å². The summed E-state index contributed by atoms with van der Waals surface area (Å²) in [6, 6.07) is 3.01. The molecule has 0 saturated carbocycles. The SMILES string of the molecule is Cc1ccc([N+](=O)[O-])c(NCc2cn[nH]c2N)n1. The van der Waals surface area contributed by atoms with Crippen LogP contribution in [0.5, 0.6) is 0 Å². The van der Waals surface area contributed by atoms with E-state index in [1.54, 1.807) is 19.2 Å². The van der Waals surface area contributed by atoms with E-state index in [2.05, 4.69) is 20.5 Å². The van der Waals surface area contributed by atoms with Crippen molar-refractivity contribution < 1.29 is 4.92 Å². The number of nitrogen functional groups attached to an aromatic ring is 1. The molecule has 2 rings (SSSR count). The zero-order valence-electron chi connectivity index (χ0n) is 9.67. The first-order valence-corrected chi connectivity index (χ1v) is 5.21. The topological polar surface area (TPSA) is 123 Å². The second-order valence-corrected chi connectivity index (χ2v) is 3.74. The van der Waals surface area contributed by atoms with Crippen LogP contribution in [0, 0.1) is 17.0 Å². The van der Waals surface area contributed by atoms with Crippen molar-refractivity contribution in [2.75, 3.05) is 11.1 Å². The Labute approximate surface area is 102 Å². The number of aryl methyl sites for hydroxylation is 1. The Hall–Kier alpha value is -2.64. The summed E-state index contributed by atoms with van der Waals surface area (Å²) in [5.74, 6) is 0.651. The highest BCUT2D eigenvalue weighted by Crippen LogP contribution is 2.22. The number of rotatable bonds is 4. The summed E-state index contributed by atoms with van der Waals surface area (Å²) in [4.78, 5) is 14.5. The van der Waals surface area contributed by atoms with E-state index in [-0.39, 0.29) is 11.5 Å². The van der Waals surface area contributed by atoms with Gasteiger partial charge in [0.1, 0.15) is 5.82 Å². The first-order chi connectivity index (χ1) is 8.58. The van der Waals surface area contributed by atoms with Gasteiger partial charge < -0.3 is 11.1 Å². The van der Waals surface area contributed by atoms with E-state index in [9.17, 15) is 10.1 Å². The molecule has 18 heavy (non-hydrogen) atoms. The molecule has 0 spiro atoms. The van der Waals surface area contributed by atoms with Crippen LogP contribution in [0.3, 0.4) is 0 Å². The summed E-state index contributed by atoms with van der Waals surface area (Å²) < 4.78 is 0. The number of aromatic nitrogens is 3. The number of H-pyrrole nitrogens is 1. The predicted molar refractivity (Wildman–Crippen MR) is 66.0 cm³/mol. The molecule has 0 amide bonds. The van der Waals surface area contributed by atoms with Crippen molar-refractivity contribution in [2.24, 2.45) is 0 Å². The van der Waals surface area contributed by atoms with Gasteiger partial charge in [-0.05, 0) is 13.0 Å². The highest BCUT2D eigenvalue weighted by Gasteiger charge is 2.15. The van der Waals surface area contributed by atoms with Crippen LogP contribution in [0.4, 0.5) is 17.3 Å². The normalized spacial score (nSPS) is 10.3. The van der Waals surface area contributed by atoms with Crippen molar-refractivity contribution in [3.05, 3.63) is 39.7 Å². The van der Waals surface area contributed by atoms with Crippen molar-refractivity contribution in [2.45, 2.75) is 13.5 Å². The number of nitrogens with two attached hydrogens (primary N) is 1. The molecule has 94 valence electrons. The molecule has 2 heterocycles. The Morgan fingerprint density at radius 3 is 2.94 bits per heavy atom. The molecule has 0 unspecified atom stereocenters. The molecular formula is C10H12N6O2. The molecule has 0 atom stereocenters. The van der Waals surface area contributed by atoms with E-state index in [1.807, 2.05) is 0 Å². The zero-order valence-corrected chi connectivity index (χ0v) is 9.67. The molecule has 0 saturated heterocycles. The lowest BCUT2D eigenvalue weighted by Gasteiger charge is -2.06. The third kappa shape index (κ3) is 2.37. The summed E-state index contributed by atoms with van der Waals surface area (Å²) in [7, 11) is 0. The van der Waals surface area contributed by atoms with Crippen molar-refractivity contribution in [1.29, 1.82) is 0 Å². The molecule has 4 N–H and O–H groups in total. The lowest BCUT2D eigenvalue weighted by atomic mass is 10.3. The van der Waals surface area contributed by atoms with Gasteiger partial charge in [0.05, 0.1) is 11.1 Å². The fourth-order valence-electron chi connectivity index (χ4n) is 1.47. The Morgan fingerprint density at radius 1 is 1.56 bits per heavy atom. The summed E-state index contributed by atoms with van der Waals surface area (Å²) in [5.41, 5.74) is 6.98. The lowest BCUT2D eigenvalue weighted by Crippen LogP contribution is -2.06. The Bertz CT molecular complexity index is 579. The molecule has 0 aromatic carbocycles. The van der Waals surface area contributed by atoms with Crippen LogP contribution in [0.1, 0.15) is 11.3 Å². The van der Waals surface area contributed by atoms with E-state index in [4.69, 9.17) is 5.73 Å². The largest absolute Gasteiger partial charge is 0.384 e. The first kappa shape index (κ1) is 11.8. The second-order valence-electron chi connectivity index (χ2n) is 3.74. The third-order valence-electron chi connectivity index (χ3n) is 2.41. The van der Waals surface area contributed by atoms with Gasteiger partial charge in [-0.1, -0.05) is 0 Å². The van der Waals surface area contributed by atoms with Gasteiger partial charge in [-0.2, -0.15) is 5.10 Å².